The van der Waals surface area contributed by atoms with Gasteiger partial charge in [-0.1, -0.05) is 66.0 Å². The van der Waals surface area contributed by atoms with E-state index in [2.05, 4.69) is 66.1 Å². The van der Waals surface area contributed by atoms with Crippen LogP contribution in [0.5, 0.6) is 0 Å². The molecule has 0 aromatic carbocycles. The van der Waals surface area contributed by atoms with E-state index in [0.717, 1.165) is 26.3 Å². The molecule has 2 aliphatic heterocycles. The maximum atomic E-state index is 5.60. The maximum absolute atomic E-state index is 5.60. The predicted molar refractivity (Wildman–Crippen MR) is 97.9 cm³/mol. The molecule has 2 nitrogen and oxygen atoms in total. The van der Waals surface area contributed by atoms with Crippen molar-refractivity contribution >= 4 is 16.1 Å². The summed E-state index contributed by atoms with van der Waals surface area (Å²) in [6, 6.07) is 0. The lowest BCUT2D eigenvalue weighted by atomic mass is 10.2. The van der Waals surface area contributed by atoms with E-state index in [1.165, 1.54) is 0 Å². The SMILES string of the molecule is CC(C)(C)[Si]1(C(C)(C)C)C(N2CCOCC2)=C1[Si](C)(C)C. The summed E-state index contributed by atoms with van der Waals surface area (Å²) in [5.74, 6) is 0. The topological polar surface area (TPSA) is 12.5 Å². The Morgan fingerprint density at radius 1 is 0.905 bits per heavy atom. The first-order valence-corrected chi connectivity index (χ1v) is 13.9. The third-order valence-corrected chi connectivity index (χ3v) is 17.1. The van der Waals surface area contributed by atoms with Crippen LogP contribution in [-0.2, 0) is 4.74 Å². The lowest BCUT2D eigenvalue weighted by Gasteiger charge is -2.46. The molecule has 0 bridgehead atoms. The predicted octanol–water partition coefficient (Wildman–Crippen LogP) is 4.59. The van der Waals surface area contributed by atoms with Gasteiger partial charge in [-0.3, -0.25) is 0 Å². The lowest BCUT2D eigenvalue weighted by Crippen LogP contribution is -2.50. The molecule has 0 radical (unpaired) electrons. The summed E-state index contributed by atoms with van der Waals surface area (Å²) in [6.07, 6.45) is 0. The zero-order valence-corrected chi connectivity index (χ0v) is 17.7. The Hall–Kier alpha value is -0.0662. The summed E-state index contributed by atoms with van der Waals surface area (Å²) in [7, 11) is -2.84. The standard InChI is InChI=1S/C17H35NOSi2/c1-16(2,3)21(17(4,5)6)14(15(21)20(7,8)9)18-10-12-19-13-11-18/h10-13H2,1-9H3. The van der Waals surface area contributed by atoms with Gasteiger partial charge >= 0.3 is 0 Å². The molecule has 1 saturated heterocycles. The van der Waals surface area contributed by atoms with Gasteiger partial charge in [0.2, 0.25) is 0 Å². The summed E-state index contributed by atoms with van der Waals surface area (Å²) in [5.41, 5.74) is 0. The third-order valence-electron chi connectivity index (χ3n) is 5.23. The van der Waals surface area contributed by atoms with E-state index < -0.39 is 16.1 Å². The average molecular weight is 326 g/mol. The molecule has 0 amide bonds. The lowest BCUT2D eigenvalue weighted by molar-refractivity contribution is 0.0575. The van der Waals surface area contributed by atoms with Crippen molar-refractivity contribution in [3.05, 3.63) is 10.1 Å². The Bertz CT molecular complexity index is 429. The highest BCUT2D eigenvalue weighted by molar-refractivity contribution is 7.20. The number of ether oxygens (including phenoxy) is 1. The van der Waals surface area contributed by atoms with Crippen molar-refractivity contribution in [3.63, 3.8) is 0 Å². The van der Waals surface area contributed by atoms with Crippen molar-refractivity contribution in [3.8, 4) is 0 Å². The molecular formula is C17H35NOSi2. The summed E-state index contributed by atoms with van der Waals surface area (Å²) in [5, 5.41) is 2.65. The second kappa shape index (κ2) is 4.97. The Morgan fingerprint density at radius 3 is 1.62 bits per heavy atom. The van der Waals surface area contributed by atoms with E-state index in [9.17, 15) is 0 Å². The van der Waals surface area contributed by atoms with Crippen LogP contribution in [0.1, 0.15) is 41.5 Å². The van der Waals surface area contributed by atoms with Crippen molar-refractivity contribution in [1.82, 2.24) is 4.90 Å². The fourth-order valence-corrected chi connectivity index (χ4v) is 21.4. The molecule has 0 atom stereocenters. The van der Waals surface area contributed by atoms with Gasteiger partial charge in [-0.15, -0.1) is 0 Å². The second-order valence-electron chi connectivity index (χ2n) is 9.82. The van der Waals surface area contributed by atoms with Crippen molar-refractivity contribution < 1.29 is 4.74 Å². The largest absolute Gasteiger partial charge is 0.378 e. The Labute approximate surface area is 134 Å². The molecule has 0 unspecified atom stereocenters. The minimum atomic E-state index is -1.57. The van der Waals surface area contributed by atoms with Crippen LogP contribution < -0.4 is 0 Å². The molecule has 0 spiro atoms. The molecule has 0 aromatic heterocycles. The van der Waals surface area contributed by atoms with E-state index in [0.29, 0.717) is 10.1 Å². The second-order valence-corrected chi connectivity index (χ2v) is 20.8. The van der Waals surface area contributed by atoms with Crippen molar-refractivity contribution in [2.45, 2.75) is 71.3 Å². The first-order chi connectivity index (χ1) is 9.35. The molecule has 2 aliphatic rings. The number of hydrogen-bond donors (Lipinski definition) is 0. The summed E-state index contributed by atoms with van der Waals surface area (Å²) < 4.78 is 5.60. The molecular weight excluding hydrogens is 290 g/mol. The van der Waals surface area contributed by atoms with Crippen LogP contribution in [0.25, 0.3) is 0 Å². The maximum Gasteiger partial charge on any atom is 0.140 e. The van der Waals surface area contributed by atoms with Gasteiger partial charge in [0.25, 0.3) is 0 Å². The van der Waals surface area contributed by atoms with Crippen LogP contribution in [0.3, 0.4) is 0 Å². The molecule has 0 aliphatic carbocycles. The van der Waals surface area contributed by atoms with Gasteiger partial charge < -0.3 is 9.64 Å². The highest BCUT2D eigenvalue weighted by Crippen LogP contribution is 2.69. The van der Waals surface area contributed by atoms with Gasteiger partial charge in [0.1, 0.15) is 8.07 Å². The van der Waals surface area contributed by atoms with Crippen LogP contribution in [0, 0.1) is 0 Å². The van der Waals surface area contributed by atoms with E-state index in [1.807, 2.05) is 10.1 Å². The van der Waals surface area contributed by atoms with Gasteiger partial charge in [-0.2, -0.15) is 0 Å². The quantitative estimate of drug-likeness (QED) is 0.688. The van der Waals surface area contributed by atoms with Crippen molar-refractivity contribution in [2.24, 2.45) is 0 Å². The summed E-state index contributed by atoms with van der Waals surface area (Å²) >= 11 is 0. The fourth-order valence-electron chi connectivity index (χ4n) is 4.95. The number of rotatable bonds is 2. The van der Waals surface area contributed by atoms with Crippen LogP contribution in [0.15, 0.2) is 10.1 Å². The number of morpholine rings is 1. The van der Waals surface area contributed by atoms with Gasteiger partial charge in [0, 0.05) is 13.1 Å². The fraction of sp³-hybridized carbons (Fsp3) is 0.882. The van der Waals surface area contributed by atoms with E-state index >= 15 is 0 Å². The molecule has 0 aromatic rings. The van der Waals surface area contributed by atoms with Gasteiger partial charge in [0.15, 0.2) is 0 Å². The van der Waals surface area contributed by atoms with Crippen molar-refractivity contribution in [2.75, 3.05) is 26.3 Å². The van der Waals surface area contributed by atoms with Gasteiger partial charge in [-0.05, 0) is 15.4 Å². The summed E-state index contributed by atoms with van der Waals surface area (Å²) in [6.45, 7) is 26.7. The molecule has 4 heteroatoms. The smallest absolute Gasteiger partial charge is 0.140 e. The van der Waals surface area contributed by atoms with E-state index in [1.54, 1.807) is 0 Å². The summed E-state index contributed by atoms with van der Waals surface area (Å²) in [4.78, 5) is 4.66. The minimum absolute atomic E-state index is 0.411. The average Bonchev–Trinajstić information content (AvgIpc) is 2.99. The third kappa shape index (κ3) is 2.57. The van der Waals surface area contributed by atoms with E-state index in [4.69, 9.17) is 4.74 Å². The Morgan fingerprint density at radius 2 is 1.33 bits per heavy atom. The molecule has 122 valence electrons. The first kappa shape index (κ1) is 17.3. The Kier molecular flexibility index (Phi) is 4.09. The van der Waals surface area contributed by atoms with Crippen LogP contribution >= 0.6 is 0 Å². The molecule has 2 rings (SSSR count). The zero-order chi connectivity index (χ0) is 16.3. The Balaban J connectivity index is 2.52. The first-order valence-electron chi connectivity index (χ1n) is 8.43. The number of nitrogens with zero attached hydrogens (tertiary/aromatic N) is 1. The monoisotopic (exact) mass is 325 g/mol. The van der Waals surface area contributed by atoms with Crippen LogP contribution in [-0.4, -0.2) is 47.4 Å². The van der Waals surface area contributed by atoms with Gasteiger partial charge in [0.05, 0.1) is 21.3 Å². The molecule has 21 heavy (non-hydrogen) atoms. The van der Waals surface area contributed by atoms with Gasteiger partial charge in [-0.25, -0.2) is 0 Å². The minimum Gasteiger partial charge on any atom is -0.378 e. The molecule has 0 N–H and O–H groups in total. The normalized spacial score (nSPS) is 23.6. The highest BCUT2D eigenvalue weighted by Gasteiger charge is 2.71. The molecule has 1 fully saturated rings. The molecule has 0 saturated carbocycles. The zero-order valence-electron chi connectivity index (χ0n) is 15.7. The van der Waals surface area contributed by atoms with Crippen molar-refractivity contribution in [1.29, 1.82) is 0 Å². The highest BCUT2D eigenvalue weighted by atomic mass is 28.4. The van der Waals surface area contributed by atoms with Crippen LogP contribution in [0.4, 0.5) is 0 Å². The van der Waals surface area contributed by atoms with E-state index in [-0.39, 0.29) is 0 Å². The van der Waals surface area contributed by atoms with Crippen LogP contribution in [0.2, 0.25) is 29.7 Å². The molecule has 2 heterocycles. The number of hydrogen-bond acceptors (Lipinski definition) is 2.